The van der Waals surface area contributed by atoms with Crippen molar-refractivity contribution in [1.29, 1.82) is 0 Å². The topological polar surface area (TPSA) is 67.4 Å². The molecule has 5 nitrogen and oxygen atoms in total. The summed E-state index contributed by atoms with van der Waals surface area (Å²) in [5.74, 6) is 0.235. The van der Waals surface area contributed by atoms with Crippen LogP contribution >= 0.6 is 11.6 Å². The van der Waals surface area contributed by atoms with Gasteiger partial charge in [0, 0.05) is 30.3 Å². The maximum Gasteiger partial charge on any atom is 0.251 e. The second kappa shape index (κ2) is 8.76. The molecule has 1 fully saturated rings. The zero-order chi connectivity index (χ0) is 15.8. The lowest BCUT2D eigenvalue weighted by molar-refractivity contribution is -0.120. The van der Waals surface area contributed by atoms with E-state index in [0.717, 1.165) is 18.9 Å². The molecule has 1 aliphatic carbocycles. The Bertz CT molecular complexity index is 518. The first-order valence-corrected chi connectivity index (χ1v) is 7.91. The van der Waals surface area contributed by atoms with Gasteiger partial charge < -0.3 is 15.4 Å². The molecule has 6 heteroatoms. The fraction of sp³-hybridized carbons (Fsp3) is 0.500. The third kappa shape index (κ3) is 6.45. The summed E-state index contributed by atoms with van der Waals surface area (Å²) in [6, 6.07) is 6.59. The number of ether oxygens (including phenoxy) is 1. The summed E-state index contributed by atoms with van der Waals surface area (Å²) in [6.07, 6.45) is 3.34. The lowest BCUT2D eigenvalue weighted by atomic mass is 10.2. The predicted octanol–water partition coefficient (Wildman–Crippen LogP) is 2.00. The number of hydrogen-bond donors (Lipinski definition) is 2. The van der Waals surface area contributed by atoms with E-state index in [0.29, 0.717) is 23.7 Å². The molecular weight excluding hydrogens is 304 g/mol. The first-order valence-electron chi connectivity index (χ1n) is 7.53. The third-order valence-electron chi connectivity index (χ3n) is 3.33. The number of rotatable bonds is 9. The molecule has 0 bridgehead atoms. The molecule has 2 rings (SSSR count). The number of amides is 2. The normalized spacial score (nSPS) is 13.7. The van der Waals surface area contributed by atoms with Gasteiger partial charge in [0.2, 0.25) is 5.91 Å². The summed E-state index contributed by atoms with van der Waals surface area (Å²) in [4.78, 5) is 23.4. The molecule has 120 valence electrons. The van der Waals surface area contributed by atoms with Gasteiger partial charge in [-0.05, 0) is 43.4 Å². The van der Waals surface area contributed by atoms with Crippen molar-refractivity contribution >= 4 is 23.4 Å². The molecule has 1 aromatic rings. The SMILES string of the molecule is O=C(CNC(=O)c1cccc(Cl)c1)NCCCOCC1CC1. The smallest absolute Gasteiger partial charge is 0.251 e. The van der Waals surface area contributed by atoms with E-state index in [-0.39, 0.29) is 18.4 Å². The molecule has 0 aliphatic heterocycles. The van der Waals surface area contributed by atoms with Crippen molar-refractivity contribution in [1.82, 2.24) is 10.6 Å². The highest BCUT2D eigenvalue weighted by Gasteiger charge is 2.20. The predicted molar refractivity (Wildman–Crippen MR) is 85.0 cm³/mol. The van der Waals surface area contributed by atoms with Gasteiger partial charge >= 0.3 is 0 Å². The van der Waals surface area contributed by atoms with Crippen LogP contribution in [0.5, 0.6) is 0 Å². The minimum atomic E-state index is -0.314. The average Bonchev–Trinajstić information content (AvgIpc) is 3.32. The molecule has 2 N–H and O–H groups in total. The zero-order valence-corrected chi connectivity index (χ0v) is 13.2. The van der Waals surface area contributed by atoms with E-state index in [9.17, 15) is 9.59 Å². The Morgan fingerprint density at radius 1 is 1.27 bits per heavy atom. The van der Waals surface area contributed by atoms with Crippen LogP contribution in [0.1, 0.15) is 29.6 Å². The molecule has 0 saturated heterocycles. The second-order valence-electron chi connectivity index (χ2n) is 5.41. The molecule has 0 unspecified atom stereocenters. The quantitative estimate of drug-likeness (QED) is 0.683. The standard InChI is InChI=1S/C16H21ClN2O3/c17-14-4-1-3-13(9-14)16(21)19-10-15(20)18-7-2-8-22-11-12-5-6-12/h1,3-4,9,12H,2,5-8,10-11H2,(H,18,20)(H,19,21). The molecule has 0 spiro atoms. The summed E-state index contributed by atoms with van der Waals surface area (Å²) in [7, 11) is 0. The molecule has 0 heterocycles. The molecule has 0 radical (unpaired) electrons. The number of nitrogens with one attached hydrogen (secondary N) is 2. The van der Waals surface area contributed by atoms with Crippen molar-refractivity contribution in [3.63, 3.8) is 0 Å². The van der Waals surface area contributed by atoms with Gasteiger partial charge in [-0.3, -0.25) is 9.59 Å². The maximum atomic E-state index is 11.8. The number of carbonyl (C=O) groups is 2. The lowest BCUT2D eigenvalue weighted by Gasteiger charge is -2.07. The van der Waals surface area contributed by atoms with Crippen LogP contribution in [0.2, 0.25) is 5.02 Å². The van der Waals surface area contributed by atoms with Crippen molar-refractivity contribution in [3.05, 3.63) is 34.9 Å². The van der Waals surface area contributed by atoms with Crippen LogP contribution in [-0.4, -0.2) is 38.1 Å². The summed E-state index contributed by atoms with van der Waals surface area (Å²) in [6.45, 7) is 2.00. The number of carbonyl (C=O) groups excluding carboxylic acids is 2. The Morgan fingerprint density at radius 3 is 2.82 bits per heavy atom. The van der Waals surface area contributed by atoms with Crippen LogP contribution in [-0.2, 0) is 9.53 Å². The first-order chi connectivity index (χ1) is 10.6. The summed E-state index contributed by atoms with van der Waals surface area (Å²) >= 11 is 5.81. The average molecular weight is 325 g/mol. The van der Waals surface area contributed by atoms with E-state index in [2.05, 4.69) is 10.6 Å². The number of halogens is 1. The number of hydrogen-bond acceptors (Lipinski definition) is 3. The molecule has 1 saturated carbocycles. The summed E-state index contributed by atoms with van der Waals surface area (Å²) in [5.41, 5.74) is 0.439. The minimum Gasteiger partial charge on any atom is -0.381 e. The van der Waals surface area contributed by atoms with Crippen LogP contribution in [0, 0.1) is 5.92 Å². The van der Waals surface area contributed by atoms with Gasteiger partial charge in [-0.15, -0.1) is 0 Å². The Morgan fingerprint density at radius 2 is 2.09 bits per heavy atom. The van der Waals surface area contributed by atoms with Crippen molar-refractivity contribution in [3.8, 4) is 0 Å². The van der Waals surface area contributed by atoms with Gasteiger partial charge in [0.05, 0.1) is 6.54 Å². The van der Waals surface area contributed by atoms with Gasteiger partial charge in [0.15, 0.2) is 0 Å². The van der Waals surface area contributed by atoms with Crippen LogP contribution in [0.4, 0.5) is 0 Å². The Hall–Kier alpha value is -1.59. The van der Waals surface area contributed by atoms with Crippen LogP contribution in [0.25, 0.3) is 0 Å². The van der Waals surface area contributed by atoms with E-state index >= 15 is 0 Å². The van der Waals surface area contributed by atoms with Gasteiger partial charge in [-0.25, -0.2) is 0 Å². The summed E-state index contributed by atoms with van der Waals surface area (Å²) in [5, 5.41) is 5.79. The largest absolute Gasteiger partial charge is 0.381 e. The molecule has 2 amide bonds. The van der Waals surface area contributed by atoms with Gasteiger partial charge in [0.25, 0.3) is 5.91 Å². The Balaban J connectivity index is 1.53. The Labute approximate surface area is 135 Å². The van der Waals surface area contributed by atoms with Gasteiger partial charge in [-0.2, -0.15) is 0 Å². The van der Waals surface area contributed by atoms with Crippen molar-refractivity contribution in [2.45, 2.75) is 19.3 Å². The van der Waals surface area contributed by atoms with E-state index < -0.39 is 0 Å². The van der Waals surface area contributed by atoms with E-state index in [1.807, 2.05) is 0 Å². The molecular formula is C16H21ClN2O3. The fourth-order valence-corrected chi connectivity index (χ4v) is 2.08. The van der Waals surface area contributed by atoms with Crippen LogP contribution in [0.3, 0.4) is 0 Å². The van der Waals surface area contributed by atoms with Crippen LogP contribution < -0.4 is 10.6 Å². The van der Waals surface area contributed by atoms with Gasteiger partial charge in [0.1, 0.15) is 0 Å². The fourth-order valence-electron chi connectivity index (χ4n) is 1.89. The van der Waals surface area contributed by atoms with Crippen molar-refractivity contribution in [2.75, 3.05) is 26.3 Å². The highest BCUT2D eigenvalue weighted by Crippen LogP contribution is 2.28. The number of benzene rings is 1. The molecule has 1 aromatic carbocycles. The lowest BCUT2D eigenvalue weighted by Crippen LogP contribution is -2.37. The van der Waals surface area contributed by atoms with E-state index in [1.165, 1.54) is 12.8 Å². The van der Waals surface area contributed by atoms with E-state index in [1.54, 1.807) is 24.3 Å². The van der Waals surface area contributed by atoms with Crippen molar-refractivity contribution < 1.29 is 14.3 Å². The first kappa shape index (κ1) is 16.8. The van der Waals surface area contributed by atoms with Crippen LogP contribution in [0.15, 0.2) is 24.3 Å². The molecule has 22 heavy (non-hydrogen) atoms. The maximum absolute atomic E-state index is 11.8. The van der Waals surface area contributed by atoms with Crippen molar-refractivity contribution in [2.24, 2.45) is 5.92 Å². The van der Waals surface area contributed by atoms with E-state index in [4.69, 9.17) is 16.3 Å². The zero-order valence-electron chi connectivity index (χ0n) is 12.4. The third-order valence-corrected chi connectivity index (χ3v) is 3.57. The monoisotopic (exact) mass is 324 g/mol. The molecule has 1 aliphatic rings. The highest BCUT2D eigenvalue weighted by molar-refractivity contribution is 6.30. The molecule has 0 atom stereocenters. The van der Waals surface area contributed by atoms with Gasteiger partial charge in [-0.1, -0.05) is 17.7 Å². The summed E-state index contributed by atoms with van der Waals surface area (Å²) < 4.78 is 5.47. The molecule has 0 aromatic heterocycles. The Kier molecular flexibility index (Phi) is 6.68. The second-order valence-corrected chi connectivity index (χ2v) is 5.85. The highest BCUT2D eigenvalue weighted by atomic mass is 35.5. The minimum absolute atomic E-state index is 0.0473.